The van der Waals surface area contributed by atoms with E-state index in [1.807, 2.05) is 25.3 Å². The van der Waals surface area contributed by atoms with Gasteiger partial charge in [0.15, 0.2) is 9.84 Å². The minimum Gasteiger partial charge on any atom is -0.353 e. The minimum atomic E-state index is -3.04. The maximum atomic E-state index is 12.8. The fourth-order valence-corrected chi connectivity index (χ4v) is 6.47. The third-order valence-corrected chi connectivity index (χ3v) is 7.93. The molecule has 1 saturated heterocycles. The van der Waals surface area contributed by atoms with Crippen molar-refractivity contribution in [2.45, 2.75) is 45.1 Å². The first-order valence-electron chi connectivity index (χ1n) is 10.1. The average molecular weight is 425 g/mol. The van der Waals surface area contributed by atoms with Gasteiger partial charge in [-0.2, -0.15) is 0 Å². The highest BCUT2D eigenvalue weighted by Gasteiger charge is 2.36. The molecule has 2 N–H and O–H groups in total. The maximum absolute atomic E-state index is 12.8. The first kappa shape index (κ1) is 19.2. The summed E-state index contributed by atoms with van der Waals surface area (Å²) < 4.78 is 23.4. The monoisotopic (exact) mass is 424 g/mol. The van der Waals surface area contributed by atoms with E-state index in [1.54, 1.807) is 6.07 Å². The summed E-state index contributed by atoms with van der Waals surface area (Å²) in [5.41, 5.74) is 5.53. The summed E-state index contributed by atoms with van der Waals surface area (Å²) in [7, 11) is -3.04. The number of sulfone groups is 1. The predicted octanol–water partition coefficient (Wildman–Crippen LogP) is 2.68. The summed E-state index contributed by atoms with van der Waals surface area (Å²) >= 11 is 0. The van der Waals surface area contributed by atoms with E-state index in [-0.39, 0.29) is 28.9 Å². The van der Waals surface area contributed by atoms with E-state index in [2.05, 4.69) is 34.1 Å². The quantitative estimate of drug-likeness (QED) is 0.658. The van der Waals surface area contributed by atoms with E-state index in [4.69, 9.17) is 0 Å². The van der Waals surface area contributed by atoms with Gasteiger partial charge in [0.05, 0.1) is 22.9 Å². The zero-order chi connectivity index (χ0) is 21.3. The number of aromatic amines is 1. The number of hydrogen-bond donors (Lipinski definition) is 2. The number of aromatic nitrogens is 3. The Morgan fingerprint density at radius 3 is 2.83 bits per heavy atom. The second-order valence-corrected chi connectivity index (χ2v) is 11.3. The van der Waals surface area contributed by atoms with Crippen LogP contribution in [0.1, 0.15) is 47.6 Å². The molecule has 1 amide bonds. The van der Waals surface area contributed by atoms with Crippen molar-refractivity contribution in [1.29, 1.82) is 0 Å². The Morgan fingerprint density at radius 2 is 2.10 bits per heavy atom. The van der Waals surface area contributed by atoms with Crippen LogP contribution in [-0.2, 0) is 21.7 Å². The van der Waals surface area contributed by atoms with Crippen molar-refractivity contribution in [3.8, 4) is 11.4 Å². The summed E-state index contributed by atoms with van der Waals surface area (Å²) in [4.78, 5) is 25.4. The number of rotatable bonds is 2. The van der Waals surface area contributed by atoms with Crippen LogP contribution in [0.3, 0.4) is 0 Å². The normalized spacial score (nSPS) is 21.2. The molecule has 7 nitrogen and oxygen atoms in total. The third-order valence-electron chi connectivity index (χ3n) is 6.16. The van der Waals surface area contributed by atoms with E-state index in [9.17, 15) is 13.2 Å². The molecule has 1 fully saturated rings. The van der Waals surface area contributed by atoms with Gasteiger partial charge in [-0.1, -0.05) is 13.8 Å². The van der Waals surface area contributed by atoms with Crippen LogP contribution < -0.4 is 5.32 Å². The number of fused-ring (bicyclic) bond motifs is 5. The van der Waals surface area contributed by atoms with Crippen LogP contribution in [0, 0.1) is 6.92 Å². The SMILES string of the molecule is Cc1ncc2c(n1)-c1[nH]c3ccc(C(=O)NC4CCS(=O)(=O)C4)cc3c1C(C)(C)C2. The lowest BCUT2D eigenvalue weighted by atomic mass is 9.73. The molecule has 0 saturated carbocycles. The number of H-pyrrole nitrogens is 1. The molecule has 1 atom stereocenters. The van der Waals surface area contributed by atoms with Gasteiger partial charge in [0, 0.05) is 28.7 Å². The summed E-state index contributed by atoms with van der Waals surface area (Å²) in [5.74, 6) is 0.645. The zero-order valence-corrected chi connectivity index (χ0v) is 18.1. The third kappa shape index (κ3) is 3.10. The van der Waals surface area contributed by atoms with Gasteiger partial charge in [0.25, 0.3) is 5.91 Å². The molecule has 1 aliphatic carbocycles. The predicted molar refractivity (Wildman–Crippen MR) is 115 cm³/mol. The second kappa shape index (κ2) is 6.38. The van der Waals surface area contributed by atoms with Crippen LogP contribution in [0.25, 0.3) is 22.3 Å². The van der Waals surface area contributed by atoms with Crippen LogP contribution >= 0.6 is 0 Å². The first-order valence-corrected chi connectivity index (χ1v) is 12.0. The van der Waals surface area contributed by atoms with E-state index in [0.29, 0.717) is 12.0 Å². The molecule has 3 heterocycles. The molecule has 1 unspecified atom stereocenters. The van der Waals surface area contributed by atoms with E-state index in [0.717, 1.165) is 45.7 Å². The molecule has 3 aromatic rings. The molecule has 0 spiro atoms. The van der Waals surface area contributed by atoms with Crippen LogP contribution in [0.15, 0.2) is 24.4 Å². The second-order valence-electron chi connectivity index (χ2n) is 9.06. The van der Waals surface area contributed by atoms with Crippen molar-refractivity contribution in [3.63, 3.8) is 0 Å². The molecule has 2 aromatic heterocycles. The zero-order valence-electron chi connectivity index (χ0n) is 17.2. The van der Waals surface area contributed by atoms with E-state index >= 15 is 0 Å². The molecular formula is C22H24N4O3S. The topological polar surface area (TPSA) is 105 Å². The van der Waals surface area contributed by atoms with E-state index in [1.165, 1.54) is 0 Å². The van der Waals surface area contributed by atoms with Crippen molar-refractivity contribution in [1.82, 2.24) is 20.3 Å². The fourth-order valence-electron chi connectivity index (χ4n) is 4.80. The molecular weight excluding hydrogens is 400 g/mol. The number of benzene rings is 1. The highest BCUT2D eigenvalue weighted by atomic mass is 32.2. The molecule has 8 heteroatoms. The van der Waals surface area contributed by atoms with Gasteiger partial charge < -0.3 is 10.3 Å². The largest absolute Gasteiger partial charge is 0.353 e. The molecule has 5 rings (SSSR count). The van der Waals surface area contributed by atoms with E-state index < -0.39 is 9.84 Å². The number of aryl methyl sites for hydroxylation is 1. The minimum absolute atomic E-state index is 0.0173. The lowest BCUT2D eigenvalue weighted by Crippen LogP contribution is -2.35. The van der Waals surface area contributed by atoms with Crippen molar-refractivity contribution in [2.75, 3.05) is 11.5 Å². The number of carbonyl (C=O) groups excluding carboxylic acids is 1. The van der Waals surface area contributed by atoms with Crippen molar-refractivity contribution < 1.29 is 13.2 Å². The van der Waals surface area contributed by atoms with Gasteiger partial charge in [-0.25, -0.2) is 18.4 Å². The molecule has 0 bridgehead atoms. The number of nitrogens with one attached hydrogen (secondary N) is 2. The molecule has 156 valence electrons. The first-order chi connectivity index (χ1) is 14.1. The van der Waals surface area contributed by atoms with Crippen LogP contribution in [-0.4, -0.2) is 46.8 Å². The van der Waals surface area contributed by atoms with Gasteiger partial charge in [-0.05, 0) is 54.5 Å². The Morgan fingerprint density at radius 1 is 1.30 bits per heavy atom. The smallest absolute Gasteiger partial charge is 0.251 e. The Bertz CT molecular complexity index is 1310. The van der Waals surface area contributed by atoms with Crippen molar-refractivity contribution >= 4 is 26.6 Å². The maximum Gasteiger partial charge on any atom is 0.251 e. The number of carbonyl (C=O) groups is 1. The summed E-state index contributed by atoms with van der Waals surface area (Å²) in [5, 5.41) is 3.89. The summed E-state index contributed by atoms with van der Waals surface area (Å²) in [6, 6.07) is 5.28. The lowest BCUT2D eigenvalue weighted by molar-refractivity contribution is 0.0941. The van der Waals surface area contributed by atoms with Gasteiger partial charge in [-0.15, -0.1) is 0 Å². The van der Waals surface area contributed by atoms with Crippen molar-refractivity contribution in [2.24, 2.45) is 0 Å². The molecule has 1 aromatic carbocycles. The molecule has 1 aliphatic heterocycles. The van der Waals surface area contributed by atoms with Gasteiger partial charge in [0.2, 0.25) is 0 Å². The molecule has 2 aliphatic rings. The van der Waals surface area contributed by atoms with Crippen LogP contribution in [0.4, 0.5) is 0 Å². The van der Waals surface area contributed by atoms with Gasteiger partial charge in [0.1, 0.15) is 5.82 Å². The average Bonchev–Trinajstić information content (AvgIpc) is 3.22. The van der Waals surface area contributed by atoms with Gasteiger partial charge >= 0.3 is 0 Å². The number of hydrogen-bond acceptors (Lipinski definition) is 5. The summed E-state index contributed by atoms with van der Waals surface area (Å²) in [6.45, 7) is 6.27. The van der Waals surface area contributed by atoms with Crippen LogP contribution in [0.5, 0.6) is 0 Å². The molecule has 30 heavy (non-hydrogen) atoms. The Kier molecular flexibility index (Phi) is 4.09. The number of nitrogens with zero attached hydrogens (tertiary/aromatic N) is 2. The van der Waals surface area contributed by atoms with Crippen molar-refractivity contribution in [3.05, 3.63) is 46.9 Å². The highest BCUT2D eigenvalue weighted by Crippen LogP contribution is 2.45. The van der Waals surface area contributed by atoms with Crippen LogP contribution in [0.2, 0.25) is 0 Å². The Labute approximate surface area is 175 Å². The lowest BCUT2D eigenvalue weighted by Gasteiger charge is -2.31. The fraction of sp³-hybridized carbons (Fsp3) is 0.409. The Balaban J connectivity index is 1.57. The summed E-state index contributed by atoms with van der Waals surface area (Å²) in [6.07, 6.45) is 3.19. The molecule has 0 radical (unpaired) electrons. The highest BCUT2D eigenvalue weighted by molar-refractivity contribution is 7.91. The van der Waals surface area contributed by atoms with Gasteiger partial charge in [-0.3, -0.25) is 4.79 Å². The standard InChI is InChI=1S/C22H24N4O3S/c1-12-23-10-14-9-22(2,3)18-16-8-13(4-5-17(16)26-20(18)19(14)24-12)21(27)25-15-6-7-30(28,29)11-15/h4-5,8,10,15,26H,6-7,9,11H2,1-3H3,(H,25,27). The Hall–Kier alpha value is -2.74. The number of amides is 1.